The van der Waals surface area contributed by atoms with Crippen molar-refractivity contribution in [2.75, 3.05) is 5.32 Å². The maximum Gasteiger partial charge on any atom is 0.423 e. The van der Waals surface area contributed by atoms with E-state index in [1.807, 2.05) is 0 Å². The van der Waals surface area contributed by atoms with Gasteiger partial charge in [0.25, 0.3) is 17.5 Å². The summed E-state index contributed by atoms with van der Waals surface area (Å²) in [7, 11) is 0. The number of H-pyrrole nitrogens is 1. The average Bonchev–Trinajstić information content (AvgIpc) is 2.89. The molecule has 0 fully saturated rings. The molecule has 3 N–H and O–H groups in total. The topological polar surface area (TPSA) is 126 Å². The molecular weight excluding hydrogens is 577 g/mol. The van der Waals surface area contributed by atoms with Gasteiger partial charge in [0.1, 0.15) is 17.6 Å². The lowest BCUT2D eigenvalue weighted by molar-refractivity contribution is -0.138. The van der Waals surface area contributed by atoms with Crippen molar-refractivity contribution < 1.29 is 35.8 Å². The van der Waals surface area contributed by atoms with Crippen molar-refractivity contribution >= 4 is 16.5 Å². The van der Waals surface area contributed by atoms with Crippen molar-refractivity contribution in [1.82, 2.24) is 24.7 Å². The standard InChI is InChI=1S/C26H23F7N6O3/c1-12(37-19-10-36-38-22(40)20(19)26(31,32)33)5-15(27)11-39-4-3-13-6-17(18(28)7-16(13)23(39)41)21-34-8-14(9-35-21)25(2,42)24(29)30/h3-4,6-10,12,15,24,42H,5,11H2,1-2H3,(H2,37,38,40)/t12-,15-,25-/m0/s1. The van der Waals surface area contributed by atoms with E-state index in [-0.39, 0.29) is 34.1 Å². The summed E-state index contributed by atoms with van der Waals surface area (Å²) in [6, 6.07) is 2.65. The van der Waals surface area contributed by atoms with E-state index in [0.29, 0.717) is 0 Å². The summed E-state index contributed by atoms with van der Waals surface area (Å²) in [4.78, 5) is 32.3. The van der Waals surface area contributed by atoms with Crippen LogP contribution in [-0.2, 0) is 18.3 Å². The molecule has 0 radical (unpaired) electrons. The molecule has 3 heterocycles. The molecule has 0 aliphatic carbocycles. The molecule has 0 saturated carbocycles. The molecule has 0 unspecified atom stereocenters. The maximum absolute atomic E-state index is 15.0. The van der Waals surface area contributed by atoms with Crippen molar-refractivity contribution in [3.63, 3.8) is 0 Å². The smallest absolute Gasteiger partial charge is 0.381 e. The number of nitrogens with one attached hydrogen (secondary N) is 2. The van der Waals surface area contributed by atoms with Crippen LogP contribution in [0.5, 0.6) is 0 Å². The largest absolute Gasteiger partial charge is 0.423 e. The lowest BCUT2D eigenvalue weighted by Gasteiger charge is -2.21. The molecule has 16 heteroatoms. The fourth-order valence-electron chi connectivity index (χ4n) is 4.26. The van der Waals surface area contributed by atoms with Gasteiger partial charge in [-0.2, -0.15) is 18.3 Å². The highest BCUT2D eigenvalue weighted by Crippen LogP contribution is 2.32. The Morgan fingerprint density at radius 2 is 1.76 bits per heavy atom. The number of nitrogens with zero attached hydrogens (tertiary/aromatic N) is 4. The first-order valence-corrected chi connectivity index (χ1v) is 12.3. The summed E-state index contributed by atoms with van der Waals surface area (Å²) >= 11 is 0. The molecule has 42 heavy (non-hydrogen) atoms. The Balaban J connectivity index is 1.52. The monoisotopic (exact) mass is 600 g/mol. The first-order chi connectivity index (χ1) is 19.6. The molecule has 9 nitrogen and oxygen atoms in total. The normalized spacial score (nSPS) is 15.0. The first kappa shape index (κ1) is 30.6. The van der Waals surface area contributed by atoms with Crippen LogP contribution in [0.1, 0.15) is 31.4 Å². The van der Waals surface area contributed by atoms with Crippen molar-refractivity contribution in [3.8, 4) is 11.4 Å². The van der Waals surface area contributed by atoms with Crippen LogP contribution in [0.4, 0.5) is 36.4 Å². The second kappa shape index (κ2) is 11.5. The molecule has 0 aliphatic rings. The van der Waals surface area contributed by atoms with Gasteiger partial charge in [0.2, 0.25) is 0 Å². The Morgan fingerprint density at radius 3 is 2.38 bits per heavy atom. The molecule has 3 aromatic heterocycles. The minimum atomic E-state index is -4.98. The fourth-order valence-corrected chi connectivity index (χ4v) is 4.26. The first-order valence-electron chi connectivity index (χ1n) is 12.3. The molecule has 0 bridgehead atoms. The zero-order valence-corrected chi connectivity index (χ0v) is 21.9. The highest BCUT2D eigenvalue weighted by molar-refractivity contribution is 5.86. The number of fused-ring (bicyclic) bond motifs is 1. The summed E-state index contributed by atoms with van der Waals surface area (Å²) in [5.74, 6) is -1.12. The number of aromatic nitrogens is 5. The number of benzene rings is 1. The SMILES string of the molecule is C[C@@H](C[C@H](F)Cn1ccc2cc(-c3ncc([C@](C)(O)C(F)F)cn3)c(F)cc2c1=O)Nc1cn[nH]c(=O)c1C(F)(F)F. The van der Waals surface area contributed by atoms with Crippen LogP contribution in [0.15, 0.2) is 52.6 Å². The van der Waals surface area contributed by atoms with Gasteiger partial charge in [0.15, 0.2) is 11.4 Å². The van der Waals surface area contributed by atoms with Crippen molar-refractivity contribution in [1.29, 1.82) is 0 Å². The number of rotatable bonds is 9. The Hall–Kier alpha value is -4.34. The number of anilines is 1. The number of alkyl halides is 6. The predicted octanol–water partition coefficient (Wildman–Crippen LogP) is 4.40. The highest BCUT2D eigenvalue weighted by Gasteiger charge is 2.38. The van der Waals surface area contributed by atoms with Gasteiger partial charge < -0.3 is 15.0 Å². The van der Waals surface area contributed by atoms with E-state index >= 15 is 0 Å². The van der Waals surface area contributed by atoms with E-state index in [2.05, 4.69) is 20.4 Å². The zero-order valence-electron chi connectivity index (χ0n) is 21.9. The number of hydrogen-bond acceptors (Lipinski definition) is 7. The molecule has 0 spiro atoms. The molecule has 3 atom stereocenters. The van der Waals surface area contributed by atoms with E-state index < -0.39 is 65.1 Å². The summed E-state index contributed by atoms with van der Waals surface area (Å²) in [5.41, 5.74) is -7.30. The van der Waals surface area contributed by atoms with Crippen LogP contribution in [0.25, 0.3) is 22.2 Å². The molecular formula is C26H23F7N6O3. The second-order valence-corrected chi connectivity index (χ2v) is 9.80. The van der Waals surface area contributed by atoms with E-state index in [1.54, 1.807) is 5.10 Å². The molecule has 4 aromatic rings. The van der Waals surface area contributed by atoms with E-state index in [1.165, 1.54) is 25.3 Å². The summed E-state index contributed by atoms with van der Waals surface area (Å²) in [6.07, 6.45) is -6.30. The highest BCUT2D eigenvalue weighted by atomic mass is 19.4. The quantitative estimate of drug-likeness (QED) is 0.243. The van der Waals surface area contributed by atoms with Crippen LogP contribution in [0.3, 0.4) is 0 Å². The Bertz CT molecular complexity index is 1700. The molecule has 0 amide bonds. The van der Waals surface area contributed by atoms with Crippen LogP contribution in [0, 0.1) is 5.82 Å². The van der Waals surface area contributed by atoms with E-state index in [0.717, 1.165) is 36.1 Å². The Kier molecular flexibility index (Phi) is 8.39. The molecule has 1 aromatic carbocycles. The number of halogens is 7. The number of aromatic amines is 1. The third kappa shape index (κ3) is 6.27. The lowest BCUT2D eigenvalue weighted by atomic mass is 10.00. The van der Waals surface area contributed by atoms with Crippen LogP contribution in [0.2, 0.25) is 0 Å². The van der Waals surface area contributed by atoms with Gasteiger partial charge in [-0.15, -0.1) is 0 Å². The van der Waals surface area contributed by atoms with Gasteiger partial charge in [-0.3, -0.25) is 9.59 Å². The van der Waals surface area contributed by atoms with Gasteiger partial charge >= 0.3 is 6.18 Å². The summed E-state index contributed by atoms with van der Waals surface area (Å²) in [5, 5.41) is 17.5. The lowest BCUT2D eigenvalue weighted by Crippen LogP contribution is -2.30. The van der Waals surface area contributed by atoms with Gasteiger partial charge in [-0.05, 0) is 37.4 Å². The minimum absolute atomic E-state index is 0.112. The van der Waals surface area contributed by atoms with Crippen molar-refractivity contribution in [2.24, 2.45) is 0 Å². The molecule has 0 aliphatic heterocycles. The van der Waals surface area contributed by atoms with E-state index in [9.17, 15) is 45.4 Å². The summed E-state index contributed by atoms with van der Waals surface area (Å²) < 4.78 is 96.7. The number of hydrogen-bond donors (Lipinski definition) is 3. The Morgan fingerprint density at radius 1 is 1.10 bits per heavy atom. The van der Waals surface area contributed by atoms with Gasteiger partial charge in [0.05, 0.1) is 29.4 Å². The van der Waals surface area contributed by atoms with Crippen LogP contribution >= 0.6 is 0 Å². The van der Waals surface area contributed by atoms with Crippen molar-refractivity contribution in [3.05, 3.63) is 80.6 Å². The van der Waals surface area contributed by atoms with Gasteiger partial charge in [0, 0.05) is 36.6 Å². The molecule has 4 rings (SSSR count). The molecule has 224 valence electrons. The van der Waals surface area contributed by atoms with Crippen LogP contribution < -0.4 is 16.4 Å². The van der Waals surface area contributed by atoms with E-state index in [4.69, 9.17) is 0 Å². The Labute approximate surface area is 232 Å². The third-order valence-electron chi connectivity index (χ3n) is 6.51. The van der Waals surface area contributed by atoms with Crippen LogP contribution in [-0.4, -0.2) is 48.5 Å². The zero-order chi connectivity index (χ0) is 31.0. The minimum Gasteiger partial charge on any atom is -0.381 e. The molecule has 0 saturated heterocycles. The van der Waals surface area contributed by atoms with Gasteiger partial charge in [-0.1, -0.05) is 0 Å². The predicted molar refractivity (Wildman–Crippen MR) is 137 cm³/mol. The number of aliphatic hydroxyl groups is 1. The summed E-state index contributed by atoms with van der Waals surface area (Å²) in [6.45, 7) is 1.76. The van der Waals surface area contributed by atoms with Crippen molar-refractivity contribution in [2.45, 2.75) is 57.2 Å². The average molecular weight is 600 g/mol. The maximum atomic E-state index is 15.0. The van der Waals surface area contributed by atoms with Gasteiger partial charge in [-0.25, -0.2) is 32.6 Å². The third-order valence-corrected chi connectivity index (χ3v) is 6.51. The second-order valence-electron chi connectivity index (χ2n) is 9.80. The number of pyridine rings is 1. The fraction of sp³-hybridized carbons (Fsp3) is 0.346.